The Bertz CT molecular complexity index is 619. The maximum Gasteiger partial charge on any atom is 0.335 e. The predicted octanol–water partition coefficient (Wildman–Crippen LogP) is 2.72. The summed E-state index contributed by atoms with van der Waals surface area (Å²) in [6.07, 6.45) is 0.867. The average molecular weight is 276 g/mol. The first-order valence-electron chi connectivity index (χ1n) is 6.90. The molecule has 1 aromatic heterocycles. The number of aryl methyl sites for hydroxylation is 1. The molecule has 0 saturated heterocycles. The van der Waals surface area contributed by atoms with Crippen LogP contribution < -0.4 is 0 Å². The van der Waals surface area contributed by atoms with Gasteiger partial charge in [-0.15, -0.1) is 0 Å². The molecule has 1 atom stereocenters. The van der Waals surface area contributed by atoms with Crippen molar-refractivity contribution >= 4 is 17.0 Å². The Kier molecular flexibility index (Phi) is 4.39. The van der Waals surface area contributed by atoms with Crippen LogP contribution in [0.3, 0.4) is 0 Å². The zero-order valence-electron chi connectivity index (χ0n) is 12.1. The van der Waals surface area contributed by atoms with Gasteiger partial charge in [0.05, 0.1) is 29.2 Å². The molecule has 0 bridgehead atoms. The molecule has 0 amide bonds. The van der Waals surface area contributed by atoms with Gasteiger partial charge in [-0.1, -0.05) is 6.92 Å². The minimum atomic E-state index is -0.921. The van der Waals surface area contributed by atoms with Crippen LogP contribution in [0.5, 0.6) is 0 Å². The third-order valence-corrected chi connectivity index (χ3v) is 3.28. The largest absolute Gasteiger partial charge is 0.478 e. The number of carboxylic acids is 1. The molecule has 2 aromatic rings. The van der Waals surface area contributed by atoms with E-state index >= 15 is 0 Å². The van der Waals surface area contributed by atoms with Crippen LogP contribution in [0.4, 0.5) is 0 Å². The number of imidazole rings is 1. The molecular formula is C15H20N2O3. The molecule has 1 aromatic carbocycles. The average Bonchev–Trinajstić information content (AvgIpc) is 2.76. The molecule has 0 aliphatic rings. The van der Waals surface area contributed by atoms with E-state index in [0.717, 1.165) is 23.3 Å². The predicted molar refractivity (Wildman–Crippen MR) is 77.2 cm³/mol. The van der Waals surface area contributed by atoms with Gasteiger partial charge in [0.1, 0.15) is 5.82 Å². The lowest BCUT2D eigenvalue weighted by Gasteiger charge is -2.15. The number of aromatic carboxylic acids is 1. The zero-order valence-corrected chi connectivity index (χ0v) is 12.1. The molecule has 20 heavy (non-hydrogen) atoms. The summed E-state index contributed by atoms with van der Waals surface area (Å²) in [6, 6.07) is 5.04. The smallest absolute Gasteiger partial charge is 0.335 e. The third kappa shape index (κ3) is 2.82. The molecule has 1 N–H and O–H groups in total. The lowest BCUT2D eigenvalue weighted by Crippen LogP contribution is -2.18. The van der Waals surface area contributed by atoms with E-state index in [1.54, 1.807) is 18.2 Å². The van der Waals surface area contributed by atoms with Gasteiger partial charge in [-0.3, -0.25) is 0 Å². The highest BCUT2D eigenvalue weighted by atomic mass is 16.5. The van der Waals surface area contributed by atoms with Gasteiger partial charge in [-0.2, -0.15) is 0 Å². The first-order chi connectivity index (χ1) is 9.56. The van der Waals surface area contributed by atoms with Crippen LogP contribution in [0.2, 0.25) is 0 Å². The summed E-state index contributed by atoms with van der Waals surface area (Å²) in [7, 11) is 0. The molecule has 1 unspecified atom stereocenters. The lowest BCUT2D eigenvalue weighted by molar-refractivity contribution is 0.0643. The van der Waals surface area contributed by atoms with Crippen molar-refractivity contribution < 1.29 is 14.6 Å². The van der Waals surface area contributed by atoms with Gasteiger partial charge in [-0.25, -0.2) is 9.78 Å². The van der Waals surface area contributed by atoms with E-state index in [0.29, 0.717) is 13.2 Å². The third-order valence-electron chi connectivity index (χ3n) is 3.28. The summed E-state index contributed by atoms with van der Waals surface area (Å²) in [5, 5.41) is 9.11. The van der Waals surface area contributed by atoms with Crippen LogP contribution in [-0.4, -0.2) is 33.3 Å². The first-order valence-corrected chi connectivity index (χ1v) is 6.90. The Labute approximate surface area is 118 Å². The van der Waals surface area contributed by atoms with Gasteiger partial charge in [0.15, 0.2) is 0 Å². The molecule has 5 heteroatoms. The van der Waals surface area contributed by atoms with Crippen molar-refractivity contribution in [2.75, 3.05) is 6.61 Å². The summed E-state index contributed by atoms with van der Waals surface area (Å²) in [5.41, 5.74) is 1.97. The normalized spacial score (nSPS) is 12.8. The molecule has 0 aliphatic heterocycles. The number of hydrogen-bond donors (Lipinski definition) is 1. The van der Waals surface area contributed by atoms with Crippen molar-refractivity contribution in [1.29, 1.82) is 0 Å². The molecule has 5 nitrogen and oxygen atoms in total. The molecule has 0 aliphatic carbocycles. The number of aromatic nitrogens is 2. The van der Waals surface area contributed by atoms with Crippen molar-refractivity contribution in [3.05, 3.63) is 29.6 Å². The van der Waals surface area contributed by atoms with Crippen LogP contribution in [0.25, 0.3) is 11.0 Å². The van der Waals surface area contributed by atoms with Crippen molar-refractivity contribution in [2.24, 2.45) is 0 Å². The monoisotopic (exact) mass is 276 g/mol. The maximum absolute atomic E-state index is 11.1. The van der Waals surface area contributed by atoms with Crippen LogP contribution in [0.15, 0.2) is 18.2 Å². The molecular weight excluding hydrogens is 256 g/mol. The summed E-state index contributed by atoms with van der Waals surface area (Å²) < 4.78 is 7.63. The second kappa shape index (κ2) is 6.05. The van der Waals surface area contributed by atoms with Gasteiger partial charge in [0, 0.05) is 13.0 Å². The van der Waals surface area contributed by atoms with E-state index in [9.17, 15) is 4.79 Å². The Hall–Kier alpha value is -1.88. The molecule has 0 spiro atoms. The van der Waals surface area contributed by atoms with Crippen molar-refractivity contribution in [3.63, 3.8) is 0 Å². The maximum atomic E-state index is 11.1. The summed E-state index contributed by atoms with van der Waals surface area (Å²) in [5.74, 6) is 0.0321. The fourth-order valence-corrected chi connectivity index (χ4v) is 2.37. The highest BCUT2D eigenvalue weighted by Crippen LogP contribution is 2.19. The number of ether oxygens (including phenoxy) is 1. The quantitative estimate of drug-likeness (QED) is 0.881. The highest BCUT2D eigenvalue weighted by molar-refractivity contribution is 5.92. The summed E-state index contributed by atoms with van der Waals surface area (Å²) >= 11 is 0. The number of benzene rings is 1. The van der Waals surface area contributed by atoms with Gasteiger partial charge in [0.2, 0.25) is 0 Å². The number of fused-ring (bicyclic) bond motifs is 1. The topological polar surface area (TPSA) is 64.4 Å². The van der Waals surface area contributed by atoms with Crippen molar-refractivity contribution in [1.82, 2.24) is 9.55 Å². The second-order valence-electron chi connectivity index (χ2n) is 4.77. The zero-order chi connectivity index (χ0) is 14.7. The minimum Gasteiger partial charge on any atom is -0.478 e. The van der Waals surface area contributed by atoms with E-state index in [1.165, 1.54) is 0 Å². The van der Waals surface area contributed by atoms with E-state index in [1.807, 2.05) is 20.8 Å². The fourth-order valence-electron chi connectivity index (χ4n) is 2.37. The standard InChI is InChI=1S/C15H20N2O3/c1-4-14-16-12-7-6-11(15(18)19)8-13(12)17(14)9-10(3)20-5-2/h6-8,10H,4-5,9H2,1-3H3,(H,18,19). The van der Waals surface area contributed by atoms with E-state index in [-0.39, 0.29) is 11.7 Å². The van der Waals surface area contributed by atoms with Crippen LogP contribution in [0, 0.1) is 0 Å². The summed E-state index contributed by atoms with van der Waals surface area (Å²) in [4.78, 5) is 15.7. The van der Waals surface area contributed by atoms with Crippen LogP contribution >= 0.6 is 0 Å². The number of carboxylic acid groups (broad SMARTS) is 1. The van der Waals surface area contributed by atoms with Crippen molar-refractivity contribution in [3.8, 4) is 0 Å². The van der Waals surface area contributed by atoms with Gasteiger partial charge in [-0.05, 0) is 32.0 Å². The molecule has 0 fully saturated rings. The van der Waals surface area contributed by atoms with E-state index in [2.05, 4.69) is 9.55 Å². The Morgan fingerprint density at radius 3 is 2.80 bits per heavy atom. The van der Waals surface area contributed by atoms with Gasteiger partial charge in [0.25, 0.3) is 0 Å². The van der Waals surface area contributed by atoms with E-state index < -0.39 is 5.97 Å². The Morgan fingerprint density at radius 1 is 1.45 bits per heavy atom. The minimum absolute atomic E-state index is 0.0659. The van der Waals surface area contributed by atoms with Crippen molar-refractivity contribution in [2.45, 2.75) is 39.8 Å². The molecule has 2 rings (SSSR count). The SMILES string of the molecule is CCOC(C)Cn1c(CC)nc2ccc(C(=O)O)cc21. The number of rotatable bonds is 6. The second-order valence-corrected chi connectivity index (χ2v) is 4.77. The Balaban J connectivity index is 2.48. The molecule has 0 saturated carbocycles. The van der Waals surface area contributed by atoms with Gasteiger partial charge < -0.3 is 14.4 Å². The fraction of sp³-hybridized carbons (Fsp3) is 0.467. The first kappa shape index (κ1) is 14.5. The summed E-state index contributed by atoms with van der Waals surface area (Å²) in [6.45, 7) is 7.36. The van der Waals surface area contributed by atoms with E-state index in [4.69, 9.17) is 9.84 Å². The Morgan fingerprint density at radius 2 is 2.20 bits per heavy atom. The molecule has 0 radical (unpaired) electrons. The molecule has 1 heterocycles. The molecule has 108 valence electrons. The highest BCUT2D eigenvalue weighted by Gasteiger charge is 2.14. The number of carbonyl (C=O) groups is 1. The van der Waals surface area contributed by atoms with Gasteiger partial charge >= 0.3 is 5.97 Å². The lowest BCUT2D eigenvalue weighted by atomic mass is 10.2. The van der Waals surface area contributed by atoms with Crippen LogP contribution in [0.1, 0.15) is 37.0 Å². The number of hydrogen-bond acceptors (Lipinski definition) is 3. The number of nitrogens with zero attached hydrogens (tertiary/aromatic N) is 2. The van der Waals surface area contributed by atoms with Crippen LogP contribution in [-0.2, 0) is 17.7 Å².